The van der Waals surface area contributed by atoms with Crippen LogP contribution in [0.4, 0.5) is 18.9 Å². The van der Waals surface area contributed by atoms with E-state index in [-0.39, 0.29) is 18.2 Å². The highest BCUT2D eigenvalue weighted by Crippen LogP contribution is 2.40. The van der Waals surface area contributed by atoms with E-state index in [2.05, 4.69) is 15.2 Å². The number of aromatic nitrogens is 1. The quantitative estimate of drug-likeness (QED) is 0.579. The molecule has 1 aromatic heterocycles. The Kier molecular flexibility index (Phi) is 5.51. The van der Waals surface area contributed by atoms with Gasteiger partial charge in [0.25, 0.3) is 0 Å². The van der Waals surface area contributed by atoms with Crippen LogP contribution in [0.25, 0.3) is 10.9 Å². The minimum Gasteiger partial charge on any atom is -0.491 e. The van der Waals surface area contributed by atoms with E-state index in [0.29, 0.717) is 23.2 Å². The van der Waals surface area contributed by atoms with Crippen LogP contribution >= 0.6 is 0 Å². The summed E-state index contributed by atoms with van der Waals surface area (Å²) < 4.78 is 51.6. The second kappa shape index (κ2) is 8.33. The lowest BCUT2D eigenvalue weighted by molar-refractivity contribution is -0.140. The standard InChI is InChI=1S/C24H26F3N3O2/c1-31-15-6-5-11-30(13-15)20-14-32-21-10-3-2-7-16(21)23(20)29-19-9-4-8-18-17(19)12-22(28-18)24(25,26)27/h2-4,7-10,12,15,20,23,28-29H,5-6,11,13-14H2,1H3/t15-,20-,23-/m0/s1. The number of alkyl halides is 3. The van der Waals surface area contributed by atoms with Crippen LogP contribution in [0.1, 0.15) is 30.1 Å². The fourth-order valence-electron chi connectivity index (χ4n) is 4.90. The predicted molar refractivity (Wildman–Crippen MR) is 117 cm³/mol. The van der Waals surface area contributed by atoms with Gasteiger partial charge < -0.3 is 19.8 Å². The maximum atomic E-state index is 13.3. The summed E-state index contributed by atoms with van der Waals surface area (Å²) in [6.07, 6.45) is -2.19. The highest BCUT2D eigenvalue weighted by atomic mass is 19.4. The second-order valence-corrected chi connectivity index (χ2v) is 8.48. The van der Waals surface area contributed by atoms with Gasteiger partial charge in [-0.25, -0.2) is 0 Å². The van der Waals surface area contributed by atoms with Gasteiger partial charge in [0.1, 0.15) is 18.1 Å². The lowest BCUT2D eigenvalue weighted by Gasteiger charge is -2.44. The molecule has 1 fully saturated rings. The van der Waals surface area contributed by atoms with Gasteiger partial charge in [0.15, 0.2) is 0 Å². The smallest absolute Gasteiger partial charge is 0.431 e. The molecule has 2 N–H and O–H groups in total. The summed E-state index contributed by atoms with van der Waals surface area (Å²) in [6.45, 7) is 2.24. The van der Waals surface area contributed by atoms with E-state index in [9.17, 15) is 13.2 Å². The Balaban J connectivity index is 1.52. The van der Waals surface area contributed by atoms with Crippen molar-refractivity contribution in [3.63, 3.8) is 0 Å². The molecule has 2 aromatic carbocycles. The number of benzene rings is 2. The van der Waals surface area contributed by atoms with Crippen LogP contribution in [-0.4, -0.2) is 48.8 Å². The fraction of sp³-hybridized carbons (Fsp3) is 0.417. The van der Waals surface area contributed by atoms with Crippen molar-refractivity contribution in [3.05, 3.63) is 59.8 Å². The first-order valence-corrected chi connectivity index (χ1v) is 10.9. The number of aromatic amines is 1. The summed E-state index contributed by atoms with van der Waals surface area (Å²) in [5, 5.41) is 4.10. The third-order valence-electron chi connectivity index (χ3n) is 6.54. The molecule has 32 heavy (non-hydrogen) atoms. The molecule has 0 amide bonds. The number of nitrogens with one attached hydrogen (secondary N) is 2. The van der Waals surface area contributed by atoms with Crippen molar-refractivity contribution in [3.8, 4) is 5.75 Å². The summed E-state index contributed by atoms with van der Waals surface area (Å²) in [4.78, 5) is 4.88. The molecular weight excluding hydrogens is 419 g/mol. The number of H-pyrrole nitrogens is 1. The molecule has 170 valence electrons. The lowest BCUT2D eigenvalue weighted by atomic mass is 9.92. The van der Waals surface area contributed by atoms with E-state index >= 15 is 0 Å². The van der Waals surface area contributed by atoms with Crippen molar-refractivity contribution >= 4 is 16.6 Å². The van der Waals surface area contributed by atoms with Gasteiger partial charge in [-0.3, -0.25) is 4.90 Å². The molecule has 2 aliphatic heterocycles. The summed E-state index contributed by atoms with van der Waals surface area (Å²) >= 11 is 0. The van der Waals surface area contributed by atoms with Crippen molar-refractivity contribution in [1.82, 2.24) is 9.88 Å². The number of rotatable bonds is 4. The average Bonchev–Trinajstić information content (AvgIpc) is 3.25. The number of para-hydroxylation sites is 1. The van der Waals surface area contributed by atoms with Gasteiger partial charge in [0.05, 0.1) is 18.2 Å². The van der Waals surface area contributed by atoms with Gasteiger partial charge in [0.2, 0.25) is 0 Å². The van der Waals surface area contributed by atoms with Crippen molar-refractivity contribution in [2.45, 2.75) is 37.2 Å². The molecule has 3 heterocycles. The van der Waals surface area contributed by atoms with E-state index in [0.717, 1.165) is 37.2 Å². The number of fused-ring (bicyclic) bond motifs is 2. The van der Waals surface area contributed by atoms with Gasteiger partial charge >= 0.3 is 6.18 Å². The first kappa shape index (κ1) is 21.2. The maximum Gasteiger partial charge on any atom is 0.431 e. The molecule has 0 aliphatic carbocycles. The van der Waals surface area contributed by atoms with Crippen LogP contribution in [0.3, 0.4) is 0 Å². The SMILES string of the molecule is CO[C@H]1CCCN([C@H]2COc3ccccc3[C@@H]2Nc2cccc3[nH]c(C(F)(F)F)cc23)C1. The summed E-state index contributed by atoms with van der Waals surface area (Å²) in [5.41, 5.74) is 1.38. The van der Waals surface area contributed by atoms with Gasteiger partial charge in [-0.05, 0) is 43.7 Å². The van der Waals surface area contributed by atoms with Crippen molar-refractivity contribution in [1.29, 1.82) is 0 Å². The zero-order valence-corrected chi connectivity index (χ0v) is 17.8. The maximum absolute atomic E-state index is 13.3. The predicted octanol–water partition coefficient (Wildman–Crippen LogP) is 5.21. The molecule has 0 spiro atoms. The molecule has 5 nitrogen and oxygen atoms in total. The minimum absolute atomic E-state index is 0.0270. The summed E-state index contributed by atoms with van der Waals surface area (Å²) in [7, 11) is 1.74. The van der Waals surface area contributed by atoms with E-state index < -0.39 is 11.9 Å². The van der Waals surface area contributed by atoms with Gasteiger partial charge in [0, 0.05) is 35.8 Å². The first-order chi connectivity index (χ1) is 15.4. The molecule has 3 atom stereocenters. The van der Waals surface area contributed by atoms with Crippen LogP contribution in [0.5, 0.6) is 5.75 Å². The third-order valence-corrected chi connectivity index (χ3v) is 6.54. The van der Waals surface area contributed by atoms with Crippen molar-refractivity contribution in [2.24, 2.45) is 0 Å². The molecule has 1 saturated heterocycles. The Morgan fingerprint density at radius 2 is 2.00 bits per heavy atom. The highest BCUT2D eigenvalue weighted by molar-refractivity contribution is 5.93. The monoisotopic (exact) mass is 445 g/mol. The number of ether oxygens (including phenoxy) is 2. The third kappa shape index (κ3) is 3.93. The van der Waals surface area contributed by atoms with Crippen LogP contribution in [0.2, 0.25) is 0 Å². The van der Waals surface area contributed by atoms with E-state index in [1.165, 1.54) is 6.07 Å². The number of halogens is 3. The van der Waals surface area contributed by atoms with Crippen molar-refractivity contribution < 1.29 is 22.6 Å². The Hall–Kier alpha value is -2.71. The molecule has 2 aliphatic rings. The molecule has 0 unspecified atom stereocenters. The van der Waals surface area contributed by atoms with E-state index in [1.54, 1.807) is 19.2 Å². The topological polar surface area (TPSA) is 49.5 Å². The molecule has 5 rings (SSSR count). The molecular formula is C24H26F3N3O2. The zero-order chi connectivity index (χ0) is 22.3. The Labute approximate surface area is 184 Å². The second-order valence-electron chi connectivity index (χ2n) is 8.48. The van der Waals surface area contributed by atoms with E-state index in [4.69, 9.17) is 9.47 Å². The van der Waals surface area contributed by atoms with Gasteiger partial charge in [-0.1, -0.05) is 24.3 Å². The zero-order valence-electron chi connectivity index (χ0n) is 17.8. The molecule has 0 radical (unpaired) electrons. The molecule has 0 bridgehead atoms. The number of hydrogen-bond donors (Lipinski definition) is 2. The lowest BCUT2D eigenvalue weighted by Crippen LogP contribution is -2.53. The first-order valence-electron chi connectivity index (χ1n) is 10.9. The summed E-state index contributed by atoms with van der Waals surface area (Å²) in [6, 6.07) is 14.2. The minimum atomic E-state index is -4.42. The molecule has 8 heteroatoms. The van der Waals surface area contributed by atoms with Crippen molar-refractivity contribution in [2.75, 3.05) is 32.1 Å². The van der Waals surface area contributed by atoms with Gasteiger partial charge in [-0.2, -0.15) is 13.2 Å². The Morgan fingerprint density at radius 3 is 2.81 bits per heavy atom. The number of likely N-dealkylation sites (tertiary alicyclic amines) is 1. The Morgan fingerprint density at radius 1 is 1.16 bits per heavy atom. The van der Waals surface area contributed by atoms with Gasteiger partial charge in [-0.15, -0.1) is 0 Å². The largest absolute Gasteiger partial charge is 0.491 e. The van der Waals surface area contributed by atoms with Crippen LogP contribution < -0.4 is 10.1 Å². The number of piperidine rings is 1. The number of methoxy groups -OCH3 is 1. The normalized spacial score (nSPS) is 24.2. The number of hydrogen-bond acceptors (Lipinski definition) is 4. The van der Waals surface area contributed by atoms with Crippen LogP contribution in [-0.2, 0) is 10.9 Å². The molecule has 0 saturated carbocycles. The van der Waals surface area contributed by atoms with Crippen LogP contribution in [0.15, 0.2) is 48.5 Å². The van der Waals surface area contributed by atoms with Crippen LogP contribution in [0, 0.1) is 0 Å². The number of anilines is 1. The summed E-state index contributed by atoms with van der Waals surface area (Å²) in [5.74, 6) is 0.804. The average molecular weight is 445 g/mol. The molecule has 3 aromatic rings. The fourth-order valence-corrected chi connectivity index (χ4v) is 4.90. The highest BCUT2D eigenvalue weighted by Gasteiger charge is 2.38. The Bertz CT molecular complexity index is 1100. The number of nitrogens with zero attached hydrogens (tertiary/aromatic N) is 1. The van der Waals surface area contributed by atoms with E-state index in [1.807, 2.05) is 30.3 Å².